The zero-order chi connectivity index (χ0) is 16.1. The summed E-state index contributed by atoms with van der Waals surface area (Å²) in [5, 5.41) is 14.4. The first-order chi connectivity index (χ1) is 11.2. The van der Waals surface area contributed by atoms with Crippen LogP contribution in [0, 0.1) is 6.92 Å². The van der Waals surface area contributed by atoms with Gasteiger partial charge < -0.3 is 10.4 Å². The van der Waals surface area contributed by atoms with E-state index in [1.807, 2.05) is 72.8 Å². The summed E-state index contributed by atoms with van der Waals surface area (Å²) >= 11 is 0. The molecule has 2 nitrogen and oxygen atoms in total. The van der Waals surface area contributed by atoms with E-state index in [-0.39, 0.29) is 6.04 Å². The summed E-state index contributed by atoms with van der Waals surface area (Å²) < 4.78 is 0. The molecule has 0 aliphatic heterocycles. The van der Waals surface area contributed by atoms with Crippen LogP contribution in [-0.4, -0.2) is 5.11 Å². The number of aliphatic hydroxyl groups excluding tert-OH is 1. The number of hydrogen-bond acceptors (Lipinski definition) is 2. The summed E-state index contributed by atoms with van der Waals surface area (Å²) in [6.45, 7) is 2.07. The van der Waals surface area contributed by atoms with Crippen LogP contribution in [-0.2, 0) is 0 Å². The molecule has 3 rings (SSSR count). The molecule has 2 atom stereocenters. The predicted octanol–water partition coefficient (Wildman–Crippen LogP) is 4.88. The summed E-state index contributed by atoms with van der Waals surface area (Å²) in [4.78, 5) is 0. The molecule has 0 radical (unpaired) electrons. The van der Waals surface area contributed by atoms with Crippen molar-refractivity contribution in [2.24, 2.45) is 0 Å². The summed E-state index contributed by atoms with van der Waals surface area (Å²) in [7, 11) is 0. The molecule has 3 aromatic carbocycles. The van der Waals surface area contributed by atoms with Crippen LogP contribution in [0.25, 0.3) is 0 Å². The van der Waals surface area contributed by atoms with E-state index >= 15 is 0 Å². The molecule has 0 amide bonds. The van der Waals surface area contributed by atoms with Crippen molar-refractivity contribution in [2.75, 3.05) is 5.32 Å². The highest BCUT2D eigenvalue weighted by molar-refractivity contribution is 5.47. The van der Waals surface area contributed by atoms with E-state index in [9.17, 15) is 5.11 Å². The third-order valence-corrected chi connectivity index (χ3v) is 3.99. The molecule has 2 N–H and O–H groups in total. The number of rotatable bonds is 5. The summed E-state index contributed by atoms with van der Waals surface area (Å²) in [5.41, 5.74) is 4.18. The van der Waals surface area contributed by atoms with Gasteiger partial charge in [-0.25, -0.2) is 0 Å². The lowest BCUT2D eigenvalue weighted by Crippen LogP contribution is -2.19. The van der Waals surface area contributed by atoms with Gasteiger partial charge in [-0.05, 0) is 30.2 Å². The zero-order valence-corrected chi connectivity index (χ0v) is 13.2. The lowest BCUT2D eigenvalue weighted by Gasteiger charge is -2.26. The normalized spacial score (nSPS) is 13.3. The number of benzene rings is 3. The number of nitrogens with one attached hydrogen (secondary N) is 1. The Morgan fingerprint density at radius 2 is 1.22 bits per heavy atom. The molecule has 2 heteroatoms. The van der Waals surface area contributed by atoms with Crippen molar-refractivity contribution in [3.05, 3.63) is 102 Å². The van der Waals surface area contributed by atoms with Crippen molar-refractivity contribution >= 4 is 5.69 Å². The van der Waals surface area contributed by atoms with Crippen LogP contribution in [0.3, 0.4) is 0 Å². The zero-order valence-electron chi connectivity index (χ0n) is 13.2. The van der Waals surface area contributed by atoms with Gasteiger partial charge in [0.25, 0.3) is 0 Å². The smallest absolute Gasteiger partial charge is 0.103 e. The van der Waals surface area contributed by atoms with E-state index in [4.69, 9.17) is 0 Å². The molecule has 116 valence electrons. The maximum absolute atomic E-state index is 10.9. The fourth-order valence-electron chi connectivity index (χ4n) is 2.68. The van der Waals surface area contributed by atoms with Gasteiger partial charge >= 0.3 is 0 Å². The van der Waals surface area contributed by atoms with Crippen molar-refractivity contribution in [1.82, 2.24) is 0 Å². The molecule has 0 saturated carbocycles. The Morgan fingerprint density at radius 3 is 1.78 bits per heavy atom. The van der Waals surface area contributed by atoms with Crippen LogP contribution >= 0.6 is 0 Å². The Balaban J connectivity index is 1.92. The maximum atomic E-state index is 10.9. The summed E-state index contributed by atoms with van der Waals surface area (Å²) in [6, 6.07) is 27.9. The van der Waals surface area contributed by atoms with Gasteiger partial charge in [-0.3, -0.25) is 0 Å². The van der Waals surface area contributed by atoms with E-state index in [0.717, 1.165) is 16.8 Å². The number of aliphatic hydroxyl groups is 1. The minimum absolute atomic E-state index is 0.207. The van der Waals surface area contributed by atoms with Crippen LogP contribution in [0.4, 0.5) is 5.69 Å². The first-order valence-corrected chi connectivity index (χ1v) is 7.85. The SMILES string of the molecule is Cc1ccc(N[C@H](c2ccccc2)[C@H](O)c2ccccc2)cc1. The predicted molar refractivity (Wildman–Crippen MR) is 95.4 cm³/mol. The first-order valence-electron chi connectivity index (χ1n) is 7.85. The van der Waals surface area contributed by atoms with Gasteiger partial charge in [0.05, 0.1) is 6.04 Å². The standard InChI is InChI=1S/C21H21NO/c1-16-12-14-19(15-13-16)22-20(17-8-4-2-5-9-17)21(23)18-10-6-3-7-11-18/h2-15,20-23H,1H3/t20-,21-/m1/s1. The molecule has 23 heavy (non-hydrogen) atoms. The van der Waals surface area contributed by atoms with Crippen molar-refractivity contribution in [2.45, 2.75) is 19.1 Å². The minimum Gasteiger partial charge on any atom is -0.386 e. The second-order valence-electron chi connectivity index (χ2n) is 5.75. The third kappa shape index (κ3) is 3.79. The molecule has 0 aliphatic carbocycles. The van der Waals surface area contributed by atoms with Gasteiger partial charge in [0, 0.05) is 5.69 Å². The highest BCUT2D eigenvalue weighted by Crippen LogP contribution is 2.32. The Bertz CT molecular complexity index is 723. The highest BCUT2D eigenvalue weighted by Gasteiger charge is 2.22. The number of aryl methyl sites for hydroxylation is 1. The monoisotopic (exact) mass is 303 g/mol. The molecule has 3 aromatic rings. The van der Waals surface area contributed by atoms with Gasteiger partial charge in [0.1, 0.15) is 6.10 Å². The molecule has 0 saturated heterocycles. The maximum Gasteiger partial charge on any atom is 0.103 e. The minimum atomic E-state index is -0.625. The molecule has 0 heterocycles. The van der Waals surface area contributed by atoms with Crippen LogP contribution in [0.1, 0.15) is 28.8 Å². The average Bonchev–Trinajstić information content (AvgIpc) is 2.62. The molecular formula is C21H21NO. The quantitative estimate of drug-likeness (QED) is 0.704. The van der Waals surface area contributed by atoms with Crippen LogP contribution in [0.5, 0.6) is 0 Å². The van der Waals surface area contributed by atoms with E-state index in [1.54, 1.807) is 0 Å². The Morgan fingerprint density at radius 1 is 0.696 bits per heavy atom. The van der Waals surface area contributed by atoms with Gasteiger partial charge in [-0.1, -0.05) is 78.4 Å². The molecule has 0 unspecified atom stereocenters. The molecular weight excluding hydrogens is 282 g/mol. The van der Waals surface area contributed by atoms with E-state index in [1.165, 1.54) is 5.56 Å². The Labute approximate surface area is 137 Å². The van der Waals surface area contributed by atoms with Gasteiger partial charge in [-0.15, -0.1) is 0 Å². The topological polar surface area (TPSA) is 32.3 Å². The lowest BCUT2D eigenvalue weighted by atomic mass is 9.95. The molecule has 0 bridgehead atoms. The fourth-order valence-corrected chi connectivity index (χ4v) is 2.68. The summed E-state index contributed by atoms with van der Waals surface area (Å²) in [6.07, 6.45) is -0.625. The van der Waals surface area contributed by atoms with Crippen molar-refractivity contribution in [1.29, 1.82) is 0 Å². The van der Waals surface area contributed by atoms with Crippen LogP contribution in [0.2, 0.25) is 0 Å². The Hall–Kier alpha value is -2.58. The lowest BCUT2D eigenvalue weighted by molar-refractivity contribution is 0.155. The van der Waals surface area contributed by atoms with Crippen LogP contribution < -0.4 is 5.32 Å². The van der Waals surface area contributed by atoms with Crippen LogP contribution in [0.15, 0.2) is 84.9 Å². The number of hydrogen-bond donors (Lipinski definition) is 2. The molecule has 0 fully saturated rings. The Kier molecular flexibility index (Phi) is 4.74. The van der Waals surface area contributed by atoms with E-state index in [2.05, 4.69) is 24.4 Å². The highest BCUT2D eigenvalue weighted by atomic mass is 16.3. The molecule has 0 aliphatic rings. The van der Waals surface area contributed by atoms with Crippen molar-refractivity contribution in [3.8, 4) is 0 Å². The molecule has 0 spiro atoms. The van der Waals surface area contributed by atoms with Gasteiger partial charge in [-0.2, -0.15) is 0 Å². The third-order valence-electron chi connectivity index (χ3n) is 3.99. The second kappa shape index (κ2) is 7.12. The van der Waals surface area contributed by atoms with Gasteiger partial charge in [0.15, 0.2) is 0 Å². The average molecular weight is 303 g/mol. The van der Waals surface area contributed by atoms with E-state index < -0.39 is 6.10 Å². The number of anilines is 1. The second-order valence-corrected chi connectivity index (χ2v) is 5.75. The van der Waals surface area contributed by atoms with E-state index in [0.29, 0.717) is 0 Å². The van der Waals surface area contributed by atoms with Crippen molar-refractivity contribution < 1.29 is 5.11 Å². The first kappa shape index (κ1) is 15.3. The summed E-state index contributed by atoms with van der Waals surface area (Å²) in [5.74, 6) is 0. The fraction of sp³-hybridized carbons (Fsp3) is 0.143. The largest absolute Gasteiger partial charge is 0.386 e. The van der Waals surface area contributed by atoms with Gasteiger partial charge in [0.2, 0.25) is 0 Å². The molecule has 0 aromatic heterocycles. The van der Waals surface area contributed by atoms with Crippen molar-refractivity contribution in [3.63, 3.8) is 0 Å².